The van der Waals surface area contributed by atoms with Gasteiger partial charge in [-0.2, -0.15) is 0 Å². The maximum atomic E-state index is 13.5. The second kappa shape index (κ2) is 13.6. The lowest BCUT2D eigenvalue weighted by Crippen LogP contribution is -2.23. The number of carbonyl (C=O) groups is 1. The molecular weight excluding hydrogens is 528 g/mol. The Hall–Kier alpha value is -1.31. The summed E-state index contributed by atoms with van der Waals surface area (Å²) in [5, 5.41) is 18.9. The first kappa shape index (κ1) is 33.9. The third kappa shape index (κ3) is 10.6. The van der Waals surface area contributed by atoms with Crippen molar-refractivity contribution in [2.24, 2.45) is 21.7 Å². The fourth-order valence-corrected chi connectivity index (χ4v) is 8.71. The molecule has 0 saturated heterocycles. The van der Waals surface area contributed by atoms with Gasteiger partial charge in [0.1, 0.15) is 0 Å². The highest BCUT2D eigenvalue weighted by Gasteiger charge is 2.30. The monoisotopic (exact) mass is 580 g/mol. The molecule has 2 unspecified atom stereocenters. The van der Waals surface area contributed by atoms with Gasteiger partial charge in [0, 0.05) is 37.1 Å². The first-order valence-electron chi connectivity index (χ1n) is 14.4. The van der Waals surface area contributed by atoms with Crippen molar-refractivity contribution in [3.63, 3.8) is 0 Å². The lowest BCUT2D eigenvalue weighted by Gasteiger charge is -2.28. The van der Waals surface area contributed by atoms with Crippen LogP contribution in [0.4, 0.5) is 0 Å². The zero-order chi connectivity index (χ0) is 29.6. The standard InChI is InChI=1S/C32H52O5S2/c1-29(2,23-33)17-11-9-13-24-19-30(3,4)21-26(38(24)36)15-16-27-22-31(5,6)20-25(39(27)37)14-10-12-18-32(7,8)28(34)35/h19-22,33H,9-18,23H2,1-8H3,(H,34,35). The summed E-state index contributed by atoms with van der Waals surface area (Å²) in [6.45, 7) is 16.4. The van der Waals surface area contributed by atoms with E-state index in [-0.39, 0.29) is 22.9 Å². The molecule has 0 saturated carbocycles. The Morgan fingerprint density at radius 2 is 1.05 bits per heavy atom. The predicted octanol–water partition coefficient (Wildman–Crippen LogP) is 8.13. The number of carboxylic acid groups (broad SMARTS) is 1. The van der Waals surface area contributed by atoms with Gasteiger partial charge in [-0.05, 0) is 70.6 Å². The summed E-state index contributed by atoms with van der Waals surface area (Å²) in [5.74, 6) is -0.782. The molecule has 5 nitrogen and oxygen atoms in total. The Kier molecular flexibility index (Phi) is 11.8. The van der Waals surface area contributed by atoms with Crippen LogP contribution in [0.5, 0.6) is 0 Å². The lowest BCUT2D eigenvalue weighted by atomic mass is 9.87. The van der Waals surface area contributed by atoms with Gasteiger partial charge >= 0.3 is 5.97 Å². The van der Waals surface area contributed by atoms with E-state index in [1.807, 2.05) is 0 Å². The summed E-state index contributed by atoms with van der Waals surface area (Å²) in [4.78, 5) is 15.1. The van der Waals surface area contributed by atoms with Gasteiger partial charge in [0.25, 0.3) is 0 Å². The number of aliphatic carboxylic acids is 1. The van der Waals surface area contributed by atoms with Crippen molar-refractivity contribution in [2.45, 2.75) is 120 Å². The van der Waals surface area contributed by atoms with Crippen molar-refractivity contribution in [3.05, 3.63) is 43.9 Å². The van der Waals surface area contributed by atoms with E-state index < -0.39 is 33.0 Å². The van der Waals surface area contributed by atoms with Gasteiger partial charge in [-0.25, -0.2) is 8.42 Å². The van der Waals surface area contributed by atoms with Crippen molar-refractivity contribution < 1.29 is 23.4 Å². The Morgan fingerprint density at radius 1 is 0.692 bits per heavy atom. The predicted molar refractivity (Wildman–Crippen MR) is 165 cm³/mol. The van der Waals surface area contributed by atoms with Gasteiger partial charge in [0.15, 0.2) is 0 Å². The van der Waals surface area contributed by atoms with E-state index >= 15 is 0 Å². The average Bonchev–Trinajstić information content (AvgIpc) is 2.82. The van der Waals surface area contributed by atoms with Crippen molar-refractivity contribution in [1.82, 2.24) is 0 Å². The van der Waals surface area contributed by atoms with Crippen molar-refractivity contribution in [3.8, 4) is 0 Å². The molecule has 0 aromatic carbocycles. The van der Waals surface area contributed by atoms with E-state index in [0.29, 0.717) is 25.7 Å². The fourth-order valence-electron chi connectivity index (χ4n) is 5.15. The number of unbranched alkanes of at least 4 members (excludes halogenated alkanes) is 2. The molecule has 0 aromatic heterocycles. The minimum Gasteiger partial charge on any atom is -0.481 e. The van der Waals surface area contributed by atoms with Crippen LogP contribution in [-0.2, 0) is 26.4 Å². The van der Waals surface area contributed by atoms with Crippen LogP contribution in [-0.4, -0.2) is 31.2 Å². The molecule has 2 aliphatic heterocycles. The van der Waals surface area contributed by atoms with E-state index in [2.05, 4.69) is 65.8 Å². The number of aliphatic hydroxyl groups is 1. The van der Waals surface area contributed by atoms with Crippen LogP contribution < -0.4 is 0 Å². The summed E-state index contributed by atoms with van der Waals surface area (Å²) in [6, 6.07) is 0. The third-order valence-corrected chi connectivity index (χ3v) is 10.9. The molecular formula is C32H52O5S2. The largest absolute Gasteiger partial charge is 0.481 e. The van der Waals surface area contributed by atoms with E-state index in [1.54, 1.807) is 13.8 Å². The summed E-state index contributed by atoms with van der Waals surface area (Å²) < 4.78 is 27.0. The maximum Gasteiger partial charge on any atom is 0.309 e. The molecule has 7 heteroatoms. The lowest BCUT2D eigenvalue weighted by molar-refractivity contribution is -0.147. The number of allylic oxidation sites excluding steroid dienone is 8. The van der Waals surface area contributed by atoms with Crippen LogP contribution in [0.1, 0.15) is 120 Å². The summed E-state index contributed by atoms with van der Waals surface area (Å²) in [6.07, 6.45) is 16.3. The summed E-state index contributed by atoms with van der Waals surface area (Å²) in [7, 11) is -2.38. The highest BCUT2D eigenvalue weighted by atomic mass is 32.2. The molecule has 0 aromatic rings. The van der Waals surface area contributed by atoms with E-state index in [9.17, 15) is 23.4 Å². The molecule has 2 atom stereocenters. The van der Waals surface area contributed by atoms with Crippen LogP contribution in [0, 0.1) is 21.7 Å². The fraction of sp³-hybridized carbons (Fsp3) is 0.719. The Morgan fingerprint density at radius 3 is 1.41 bits per heavy atom. The Labute approximate surface area is 242 Å². The average molecular weight is 581 g/mol. The van der Waals surface area contributed by atoms with Crippen LogP contribution in [0.25, 0.3) is 0 Å². The smallest absolute Gasteiger partial charge is 0.309 e. The molecule has 0 aliphatic carbocycles. The minimum absolute atomic E-state index is 0.0794. The molecule has 39 heavy (non-hydrogen) atoms. The topological polar surface area (TPSA) is 91.7 Å². The first-order chi connectivity index (χ1) is 17.9. The van der Waals surface area contributed by atoms with Gasteiger partial charge < -0.3 is 10.2 Å². The number of hydrogen-bond acceptors (Lipinski definition) is 4. The van der Waals surface area contributed by atoms with Crippen LogP contribution in [0.3, 0.4) is 0 Å². The van der Waals surface area contributed by atoms with Crippen LogP contribution in [0.2, 0.25) is 0 Å². The maximum absolute atomic E-state index is 13.5. The second-order valence-electron chi connectivity index (χ2n) is 14.0. The van der Waals surface area contributed by atoms with Crippen molar-refractivity contribution in [1.29, 1.82) is 0 Å². The van der Waals surface area contributed by atoms with E-state index in [1.165, 1.54) is 0 Å². The highest BCUT2D eigenvalue weighted by Crippen LogP contribution is 2.40. The quantitative estimate of drug-likeness (QED) is 0.191. The molecule has 2 rings (SSSR count). The van der Waals surface area contributed by atoms with E-state index in [0.717, 1.165) is 58.1 Å². The third-order valence-electron chi connectivity index (χ3n) is 7.71. The Balaban J connectivity index is 2.00. The first-order valence-corrected chi connectivity index (χ1v) is 16.7. The van der Waals surface area contributed by atoms with Gasteiger partial charge in [-0.15, -0.1) is 0 Å². The molecule has 0 radical (unpaired) electrons. The minimum atomic E-state index is -1.21. The molecule has 0 bridgehead atoms. The molecule has 0 amide bonds. The van der Waals surface area contributed by atoms with Crippen molar-refractivity contribution >= 4 is 27.6 Å². The number of carboxylic acids is 1. The van der Waals surface area contributed by atoms with Crippen LogP contribution >= 0.6 is 0 Å². The number of hydrogen-bond donors (Lipinski definition) is 2. The van der Waals surface area contributed by atoms with Gasteiger partial charge in [-0.3, -0.25) is 4.79 Å². The van der Waals surface area contributed by atoms with Gasteiger partial charge in [0.2, 0.25) is 0 Å². The highest BCUT2D eigenvalue weighted by molar-refractivity contribution is 7.93. The van der Waals surface area contributed by atoms with Crippen LogP contribution in [0.15, 0.2) is 43.9 Å². The molecule has 0 fully saturated rings. The number of aliphatic hydroxyl groups excluding tert-OH is 1. The summed E-state index contributed by atoms with van der Waals surface area (Å²) >= 11 is 0. The summed E-state index contributed by atoms with van der Waals surface area (Å²) in [5.41, 5.74) is -1.20. The molecule has 2 N–H and O–H groups in total. The van der Waals surface area contributed by atoms with Crippen molar-refractivity contribution in [2.75, 3.05) is 6.61 Å². The molecule has 222 valence electrons. The molecule has 2 heterocycles. The Bertz CT molecular complexity index is 1070. The van der Waals surface area contributed by atoms with Gasteiger partial charge in [0.05, 0.1) is 27.0 Å². The number of rotatable bonds is 15. The SMILES string of the molecule is CC1(C)C=C(CCCCC(C)(C)CO)S(=O)C(CCC2=CC(C)(C)C=C(CCCCC(C)(C)C(=O)O)S2=O)=C1. The van der Waals surface area contributed by atoms with Gasteiger partial charge in [-0.1, -0.05) is 78.7 Å². The molecule has 0 spiro atoms. The second-order valence-corrected chi connectivity index (χ2v) is 17.2. The zero-order valence-electron chi connectivity index (χ0n) is 25.5. The normalized spacial score (nSPS) is 23.0. The zero-order valence-corrected chi connectivity index (χ0v) is 27.2. The van der Waals surface area contributed by atoms with E-state index in [4.69, 9.17) is 0 Å². The molecule has 2 aliphatic rings.